The molecule has 0 aliphatic heterocycles. The normalized spacial score (nSPS) is 19.3. The molecule has 2 aliphatic carbocycles. The van der Waals surface area contributed by atoms with Gasteiger partial charge in [0.15, 0.2) is 5.78 Å². The van der Waals surface area contributed by atoms with Crippen molar-refractivity contribution in [3.8, 4) is 17.2 Å². The average Bonchev–Trinajstić information content (AvgIpc) is 2.90. The Morgan fingerprint density at radius 1 is 1.03 bits per heavy atom. The third-order valence-corrected chi connectivity index (χ3v) is 8.47. The van der Waals surface area contributed by atoms with Crippen LogP contribution in [0.15, 0.2) is 47.6 Å². The first-order valence-electron chi connectivity index (χ1n) is 13.4. The second-order valence-electron chi connectivity index (χ2n) is 11.4. The average molecular weight is 503 g/mol. The Morgan fingerprint density at radius 3 is 2.32 bits per heavy atom. The van der Waals surface area contributed by atoms with Crippen LogP contribution in [0, 0.1) is 6.92 Å². The number of carbonyl (C=O) groups excluding carboxylic acids is 1. The summed E-state index contributed by atoms with van der Waals surface area (Å²) in [4.78, 5) is 13.7. The monoisotopic (exact) mass is 502 g/mol. The number of hydrogen-bond acceptors (Lipinski definition) is 4. The molecule has 0 radical (unpaired) electrons. The van der Waals surface area contributed by atoms with E-state index in [1.54, 1.807) is 21.3 Å². The maximum absolute atomic E-state index is 13.7. The highest BCUT2D eigenvalue weighted by Crippen LogP contribution is 2.44. The van der Waals surface area contributed by atoms with Crippen LogP contribution in [0.25, 0.3) is 0 Å². The maximum atomic E-state index is 13.7. The number of ether oxygens (including phenoxy) is 3. The minimum Gasteiger partial charge on any atom is -0.496 e. The Kier molecular flexibility index (Phi) is 7.87. The molecule has 2 aliphatic rings. The highest BCUT2D eigenvalue weighted by atomic mass is 16.5. The smallest absolute Gasteiger partial charge is 0.166 e. The van der Waals surface area contributed by atoms with Gasteiger partial charge >= 0.3 is 0 Å². The number of aryl methyl sites for hydroxylation is 1. The third-order valence-electron chi connectivity index (χ3n) is 8.47. The van der Waals surface area contributed by atoms with E-state index in [2.05, 4.69) is 52.0 Å². The maximum Gasteiger partial charge on any atom is 0.166 e. The van der Waals surface area contributed by atoms with Crippen molar-refractivity contribution in [1.82, 2.24) is 0 Å². The minimum atomic E-state index is -0.394. The van der Waals surface area contributed by atoms with Crippen LogP contribution in [0.2, 0.25) is 0 Å². The van der Waals surface area contributed by atoms with Crippen LogP contribution in [0.5, 0.6) is 17.2 Å². The van der Waals surface area contributed by atoms with E-state index in [4.69, 9.17) is 14.2 Å². The third kappa shape index (κ3) is 5.35. The number of carbonyl (C=O) groups is 1. The fourth-order valence-electron chi connectivity index (χ4n) is 6.02. The van der Waals surface area contributed by atoms with Gasteiger partial charge in [-0.2, -0.15) is 0 Å². The zero-order valence-electron chi connectivity index (χ0n) is 23.8. The largest absolute Gasteiger partial charge is 0.496 e. The van der Waals surface area contributed by atoms with Crippen LogP contribution in [0.4, 0.5) is 0 Å². The summed E-state index contributed by atoms with van der Waals surface area (Å²) in [5.74, 6) is 2.18. The Bertz CT molecular complexity index is 1220. The van der Waals surface area contributed by atoms with Crippen molar-refractivity contribution in [1.29, 1.82) is 0 Å². The fourth-order valence-corrected chi connectivity index (χ4v) is 6.02. The summed E-state index contributed by atoms with van der Waals surface area (Å²) in [6.07, 6.45) is 9.20. The van der Waals surface area contributed by atoms with Gasteiger partial charge in [-0.25, -0.2) is 0 Å². The van der Waals surface area contributed by atoms with Gasteiger partial charge < -0.3 is 14.2 Å². The Morgan fingerprint density at radius 2 is 1.70 bits per heavy atom. The van der Waals surface area contributed by atoms with Crippen molar-refractivity contribution < 1.29 is 19.0 Å². The van der Waals surface area contributed by atoms with Gasteiger partial charge in [-0.3, -0.25) is 4.79 Å². The molecule has 198 valence electrons. The number of fused-ring (bicyclic) bond motifs is 1. The van der Waals surface area contributed by atoms with E-state index >= 15 is 0 Å². The number of ketones is 1. The van der Waals surface area contributed by atoms with Crippen molar-refractivity contribution in [2.75, 3.05) is 21.3 Å². The van der Waals surface area contributed by atoms with E-state index in [-0.39, 0.29) is 11.2 Å². The predicted molar refractivity (Wildman–Crippen MR) is 150 cm³/mol. The molecule has 4 rings (SSSR count). The quantitative estimate of drug-likeness (QED) is 0.346. The Labute approximate surface area is 222 Å². The summed E-state index contributed by atoms with van der Waals surface area (Å²) >= 11 is 0. The number of allylic oxidation sites excluding steroid dienone is 4. The van der Waals surface area contributed by atoms with Gasteiger partial charge in [-0.15, -0.1) is 0 Å². The van der Waals surface area contributed by atoms with Crippen LogP contribution in [-0.2, 0) is 16.6 Å². The molecule has 0 bridgehead atoms. The standard InChI is InChI=1S/C33H42O4/c1-20-12-13-33(4,5)28-17-25(21(2)14-27(20)28)16-23-10-9-11-24(15-23)32(34)22(3)31-29(36-7)18-26(35-6)19-30(31)37-8/h10-11,14,17-20,22H,9,12-13,15-16H2,1-8H3. The molecule has 2 aromatic rings. The fraction of sp³-hybridized carbons (Fsp3) is 0.485. The van der Waals surface area contributed by atoms with Crippen LogP contribution in [-0.4, -0.2) is 27.1 Å². The molecular weight excluding hydrogens is 460 g/mol. The van der Waals surface area contributed by atoms with Gasteiger partial charge in [0.05, 0.1) is 27.2 Å². The van der Waals surface area contributed by atoms with E-state index in [0.717, 1.165) is 24.0 Å². The number of rotatable bonds is 8. The molecule has 0 heterocycles. The summed E-state index contributed by atoms with van der Waals surface area (Å²) in [6, 6.07) is 8.50. The molecule has 0 saturated carbocycles. The molecule has 0 saturated heterocycles. The Balaban J connectivity index is 1.56. The van der Waals surface area contributed by atoms with Crippen LogP contribution in [0.3, 0.4) is 0 Å². The second-order valence-corrected chi connectivity index (χ2v) is 11.4. The molecule has 37 heavy (non-hydrogen) atoms. The highest BCUT2D eigenvalue weighted by Gasteiger charge is 2.32. The molecule has 2 atom stereocenters. The van der Waals surface area contributed by atoms with Gasteiger partial charge in [0.2, 0.25) is 0 Å². The summed E-state index contributed by atoms with van der Waals surface area (Å²) in [6.45, 7) is 11.3. The molecule has 4 nitrogen and oxygen atoms in total. The first kappa shape index (κ1) is 27.0. The Hall–Kier alpha value is -3.01. The van der Waals surface area contributed by atoms with E-state index < -0.39 is 5.92 Å². The number of benzene rings is 2. The van der Waals surface area contributed by atoms with Crippen molar-refractivity contribution >= 4 is 5.78 Å². The van der Waals surface area contributed by atoms with E-state index in [1.165, 1.54) is 40.7 Å². The second kappa shape index (κ2) is 10.8. The van der Waals surface area contributed by atoms with Gasteiger partial charge in [-0.1, -0.05) is 57.6 Å². The van der Waals surface area contributed by atoms with Crippen LogP contribution < -0.4 is 14.2 Å². The summed E-state index contributed by atoms with van der Waals surface area (Å²) in [5.41, 5.74) is 8.91. The zero-order chi connectivity index (χ0) is 26.9. The van der Waals surface area contributed by atoms with Crippen molar-refractivity contribution in [3.63, 3.8) is 0 Å². The molecule has 0 aromatic heterocycles. The zero-order valence-corrected chi connectivity index (χ0v) is 23.8. The number of hydrogen-bond donors (Lipinski definition) is 0. The minimum absolute atomic E-state index is 0.115. The highest BCUT2D eigenvalue weighted by molar-refractivity contribution is 6.01. The van der Waals surface area contributed by atoms with Crippen molar-refractivity contribution in [2.24, 2.45) is 0 Å². The summed E-state index contributed by atoms with van der Waals surface area (Å²) in [5, 5.41) is 0. The lowest BCUT2D eigenvalue weighted by molar-refractivity contribution is -0.116. The lowest BCUT2D eigenvalue weighted by atomic mass is 9.68. The molecule has 0 fully saturated rings. The van der Waals surface area contributed by atoms with Gasteiger partial charge in [-0.05, 0) is 78.2 Å². The molecule has 0 N–H and O–H groups in total. The van der Waals surface area contributed by atoms with Gasteiger partial charge in [0.25, 0.3) is 0 Å². The first-order valence-corrected chi connectivity index (χ1v) is 13.4. The molecule has 0 spiro atoms. The van der Waals surface area contributed by atoms with Crippen LogP contribution in [0.1, 0.15) is 93.0 Å². The lowest BCUT2D eigenvalue weighted by Crippen LogP contribution is -2.26. The summed E-state index contributed by atoms with van der Waals surface area (Å²) < 4.78 is 16.6. The van der Waals surface area contributed by atoms with Crippen molar-refractivity contribution in [3.05, 3.63) is 75.4 Å². The van der Waals surface area contributed by atoms with Crippen molar-refractivity contribution in [2.45, 2.75) is 84.0 Å². The molecule has 2 unspecified atom stereocenters. The van der Waals surface area contributed by atoms with E-state index in [1.807, 2.05) is 19.1 Å². The molecule has 2 aromatic carbocycles. The van der Waals surface area contributed by atoms with Gasteiger partial charge in [0, 0.05) is 17.7 Å². The molecular formula is C33H42O4. The lowest BCUT2D eigenvalue weighted by Gasteiger charge is -2.37. The summed E-state index contributed by atoms with van der Waals surface area (Å²) in [7, 11) is 4.83. The topological polar surface area (TPSA) is 44.8 Å². The SMILES string of the molecule is COc1cc(OC)c(C(C)C(=O)C2=CCC=C(Cc3cc4c(cc3C)C(C)CCC4(C)C)C2)c(OC)c1. The van der Waals surface area contributed by atoms with E-state index in [9.17, 15) is 4.79 Å². The molecule has 4 heteroatoms. The molecule has 0 amide bonds. The first-order chi connectivity index (χ1) is 17.6. The van der Waals surface area contributed by atoms with E-state index in [0.29, 0.717) is 29.6 Å². The number of methoxy groups -OCH3 is 3. The van der Waals surface area contributed by atoms with Crippen LogP contribution >= 0.6 is 0 Å². The van der Waals surface area contributed by atoms with Gasteiger partial charge in [0.1, 0.15) is 17.2 Å². The number of Topliss-reactive ketones (excluding diaryl/α,β-unsaturated/α-hetero) is 1. The predicted octanol–water partition coefficient (Wildman–Crippen LogP) is 7.76.